The van der Waals surface area contributed by atoms with E-state index in [1.54, 1.807) is 29.0 Å². The Balaban J connectivity index is 2.06. The summed E-state index contributed by atoms with van der Waals surface area (Å²) in [5, 5.41) is 9.89. The summed E-state index contributed by atoms with van der Waals surface area (Å²) in [6, 6.07) is 6.26. The summed E-state index contributed by atoms with van der Waals surface area (Å²) in [6.07, 6.45) is 1.61. The molecule has 0 amide bonds. The fraction of sp³-hybridized carbons (Fsp3) is 0.133. The Labute approximate surface area is 129 Å². The third-order valence-electron chi connectivity index (χ3n) is 3.35. The molecular formula is C15H12N4S2. The van der Waals surface area contributed by atoms with Gasteiger partial charge in [-0.25, -0.2) is 14.6 Å². The van der Waals surface area contributed by atoms with E-state index in [-0.39, 0.29) is 0 Å². The zero-order valence-corrected chi connectivity index (χ0v) is 13.2. The van der Waals surface area contributed by atoms with Gasteiger partial charge in [0.15, 0.2) is 5.82 Å². The van der Waals surface area contributed by atoms with E-state index in [2.05, 4.69) is 44.0 Å². The number of aryl methyl sites for hydroxylation is 2. The number of thiophene rings is 2. The summed E-state index contributed by atoms with van der Waals surface area (Å²) >= 11 is 3.38. The van der Waals surface area contributed by atoms with Crippen LogP contribution in [0.4, 0.5) is 0 Å². The van der Waals surface area contributed by atoms with Crippen LogP contribution in [0.3, 0.4) is 0 Å². The van der Waals surface area contributed by atoms with Crippen molar-refractivity contribution in [1.82, 2.24) is 19.7 Å². The molecule has 0 radical (unpaired) electrons. The van der Waals surface area contributed by atoms with E-state index in [0.29, 0.717) is 0 Å². The summed E-state index contributed by atoms with van der Waals surface area (Å²) in [4.78, 5) is 11.1. The second kappa shape index (κ2) is 4.75. The van der Waals surface area contributed by atoms with Gasteiger partial charge in [-0.3, -0.25) is 0 Å². The molecule has 0 atom stereocenters. The van der Waals surface area contributed by atoms with Crippen LogP contribution in [0.15, 0.2) is 35.3 Å². The number of hydrogen-bond acceptors (Lipinski definition) is 5. The predicted octanol–water partition coefficient (Wildman–Crippen LogP) is 4.22. The van der Waals surface area contributed by atoms with Crippen molar-refractivity contribution in [3.05, 3.63) is 46.7 Å². The second-order valence-electron chi connectivity index (χ2n) is 4.84. The Bertz CT molecular complexity index is 919. The van der Waals surface area contributed by atoms with Crippen molar-refractivity contribution in [2.75, 3.05) is 0 Å². The fourth-order valence-electron chi connectivity index (χ4n) is 2.48. The fourth-order valence-corrected chi connectivity index (χ4v) is 4.20. The van der Waals surface area contributed by atoms with Crippen LogP contribution in [0, 0.1) is 13.8 Å². The van der Waals surface area contributed by atoms with Crippen molar-refractivity contribution in [2.45, 2.75) is 13.8 Å². The van der Waals surface area contributed by atoms with Crippen LogP contribution in [-0.4, -0.2) is 19.7 Å². The van der Waals surface area contributed by atoms with Gasteiger partial charge in [-0.15, -0.1) is 22.7 Å². The van der Waals surface area contributed by atoms with Crippen LogP contribution in [0.25, 0.3) is 26.5 Å². The zero-order valence-electron chi connectivity index (χ0n) is 11.6. The quantitative estimate of drug-likeness (QED) is 0.556. The van der Waals surface area contributed by atoms with Gasteiger partial charge in [0, 0.05) is 21.5 Å². The number of fused-ring (bicyclic) bond motifs is 1. The van der Waals surface area contributed by atoms with Crippen molar-refractivity contribution >= 4 is 32.9 Å². The Kier molecular flexibility index (Phi) is 2.87. The van der Waals surface area contributed by atoms with E-state index in [0.717, 1.165) is 27.4 Å². The summed E-state index contributed by atoms with van der Waals surface area (Å²) in [7, 11) is 0. The first kappa shape index (κ1) is 12.7. The van der Waals surface area contributed by atoms with Crippen LogP contribution < -0.4 is 0 Å². The topological polar surface area (TPSA) is 43.6 Å². The lowest BCUT2D eigenvalue weighted by Crippen LogP contribution is -2.03. The van der Waals surface area contributed by atoms with Gasteiger partial charge >= 0.3 is 0 Å². The molecule has 4 heterocycles. The van der Waals surface area contributed by atoms with Gasteiger partial charge in [-0.1, -0.05) is 6.07 Å². The molecule has 21 heavy (non-hydrogen) atoms. The smallest absolute Gasteiger partial charge is 0.166 e. The molecule has 0 N–H and O–H groups in total. The van der Waals surface area contributed by atoms with Gasteiger partial charge in [-0.05, 0) is 31.4 Å². The van der Waals surface area contributed by atoms with E-state index in [1.807, 2.05) is 18.5 Å². The lowest BCUT2D eigenvalue weighted by molar-refractivity contribution is 0.811. The first-order chi connectivity index (χ1) is 10.2. The average molecular weight is 312 g/mol. The molecule has 0 saturated heterocycles. The zero-order chi connectivity index (χ0) is 14.4. The number of aromatic nitrogens is 4. The predicted molar refractivity (Wildman–Crippen MR) is 87.3 cm³/mol. The Hall–Kier alpha value is -2.05. The van der Waals surface area contributed by atoms with E-state index in [1.165, 1.54) is 10.4 Å². The Morgan fingerprint density at radius 3 is 2.76 bits per heavy atom. The maximum atomic E-state index is 4.57. The lowest BCUT2D eigenvalue weighted by Gasteiger charge is -2.06. The largest absolute Gasteiger partial charge is 0.225 e. The summed E-state index contributed by atoms with van der Waals surface area (Å²) < 4.78 is 1.91. The molecule has 0 unspecified atom stereocenters. The third kappa shape index (κ3) is 1.99. The van der Waals surface area contributed by atoms with Crippen LogP contribution >= 0.6 is 22.7 Å². The van der Waals surface area contributed by atoms with Gasteiger partial charge in [0.1, 0.15) is 11.2 Å². The molecule has 0 aliphatic carbocycles. The number of nitrogens with zero attached hydrogens (tertiary/aromatic N) is 4. The van der Waals surface area contributed by atoms with E-state index < -0.39 is 0 Å². The summed E-state index contributed by atoms with van der Waals surface area (Å²) in [5.74, 6) is 0.857. The van der Waals surface area contributed by atoms with E-state index in [9.17, 15) is 0 Å². The SMILES string of the molecule is Cc1cc(C)n(-c2ncnc3scc(-c4cccs4)c23)n1. The van der Waals surface area contributed by atoms with Crippen LogP contribution in [-0.2, 0) is 0 Å². The minimum absolute atomic E-state index is 0.857. The van der Waals surface area contributed by atoms with Gasteiger partial charge in [0.25, 0.3) is 0 Å². The first-order valence-electron chi connectivity index (χ1n) is 6.54. The van der Waals surface area contributed by atoms with E-state index >= 15 is 0 Å². The Morgan fingerprint density at radius 1 is 1.14 bits per heavy atom. The number of rotatable bonds is 2. The van der Waals surface area contributed by atoms with Gasteiger partial charge in [-0.2, -0.15) is 5.10 Å². The van der Waals surface area contributed by atoms with Crippen molar-refractivity contribution in [3.8, 4) is 16.3 Å². The highest BCUT2D eigenvalue weighted by Gasteiger charge is 2.16. The highest BCUT2D eigenvalue weighted by molar-refractivity contribution is 7.18. The lowest BCUT2D eigenvalue weighted by atomic mass is 10.2. The number of hydrogen-bond donors (Lipinski definition) is 0. The monoisotopic (exact) mass is 312 g/mol. The summed E-state index contributed by atoms with van der Waals surface area (Å²) in [6.45, 7) is 4.04. The molecule has 0 aromatic carbocycles. The van der Waals surface area contributed by atoms with Crippen LogP contribution in [0.1, 0.15) is 11.4 Å². The minimum Gasteiger partial charge on any atom is -0.225 e. The third-order valence-corrected chi connectivity index (χ3v) is 5.14. The Morgan fingerprint density at radius 2 is 2.05 bits per heavy atom. The van der Waals surface area contributed by atoms with Crippen molar-refractivity contribution < 1.29 is 0 Å². The average Bonchev–Trinajstić information content (AvgIpc) is 3.17. The van der Waals surface area contributed by atoms with Crippen molar-refractivity contribution in [3.63, 3.8) is 0 Å². The normalized spacial score (nSPS) is 11.3. The molecule has 0 fully saturated rings. The first-order valence-corrected chi connectivity index (χ1v) is 8.29. The van der Waals surface area contributed by atoms with Crippen molar-refractivity contribution in [1.29, 1.82) is 0 Å². The maximum Gasteiger partial charge on any atom is 0.166 e. The molecule has 4 nitrogen and oxygen atoms in total. The van der Waals surface area contributed by atoms with Gasteiger partial charge < -0.3 is 0 Å². The van der Waals surface area contributed by atoms with Gasteiger partial charge in [0.05, 0.1) is 11.1 Å². The molecule has 0 spiro atoms. The van der Waals surface area contributed by atoms with Crippen LogP contribution in [0.5, 0.6) is 0 Å². The molecule has 4 aromatic rings. The highest BCUT2D eigenvalue weighted by Crippen LogP contribution is 2.37. The minimum atomic E-state index is 0.857. The molecule has 0 aliphatic rings. The molecule has 6 heteroatoms. The highest BCUT2D eigenvalue weighted by atomic mass is 32.1. The molecule has 104 valence electrons. The molecule has 4 aromatic heterocycles. The maximum absolute atomic E-state index is 4.57. The standard InChI is InChI=1S/C15H12N4S2/c1-9-6-10(2)19(18-9)14-13-11(12-4-3-5-20-12)7-21-15(13)17-8-16-14/h3-8H,1-2H3. The molecule has 0 saturated carbocycles. The van der Waals surface area contributed by atoms with Gasteiger partial charge in [0.2, 0.25) is 0 Å². The molecule has 0 aliphatic heterocycles. The molecule has 0 bridgehead atoms. The molecular weight excluding hydrogens is 300 g/mol. The van der Waals surface area contributed by atoms with Crippen molar-refractivity contribution in [2.24, 2.45) is 0 Å². The second-order valence-corrected chi connectivity index (χ2v) is 6.65. The summed E-state index contributed by atoms with van der Waals surface area (Å²) in [5.41, 5.74) is 3.26. The van der Waals surface area contributed by atoms with E-state index in [4.69, 9.17) is 0 Å². The van der Waals surface area contributed by atoms with Crippen LogP contribution in [0.2, 0.25) is 0 Å². The molecule has 4 rings (SSSR count).